The molecule has 0 aliphatic heterocycles. The Kier molecular flexibility index (Phi) is 4.66. The summed E-state index contributed by atoms with van der Waals surface area (Å²) in [6.45, 7) is 1.81. The van der Waals surface area contributed by atoms with Crippen LogP contribution in [0.2, 0.25) is 0 Å². The molecule has 0 fully saturated rings. The maximum atomic E-state index is 13.7. The SMILES string of the molecule is Cc1cccc(NC(=O)Oc2ncsc2Nc2ccccc2F)n1. The van der Waals surface area contributed by atoms with Crippen LogP contribution in [0.4, 0.5) is 25.7 Å². The third-order valence-corrected chi connectivity index (χ3v) is 3.69. The molecule has 0 spiro atoms. The number of benzene rings is 1. The highest BCUT2D eigenvalue weighted by Crippen LogP contribution is 2.31. The number of ether oxygens (including phenoxy) is 1. The van der Waals surface area contributed by atoms with E-state index in [0.717, 1.165) is 5.69 Å². The molecule has 6 nitrogen and oxygen atoms in total. The zero-order chi connectivity index (χ0) is 16.9. The number of thiazole rings is 1. The second-order valence-corrected chi connectivity index (χ2v) is 5.62. The summed E-state index contributed by atoms with van der Waals surface area (Å²) >= 11 is 1.19. The van der Waals surface area contributed by atoms with Gasteiger partial charge in [0.2, 0.25) is 0 Å². The number of halogens is 1. The number of carbonyl (C=O) groups is 1. The van der Waals surface area contributed by atoms with Crippen molar-refractivity contribution in [3.05, 3.63) is 59.5 Å². The summed E-state index contributed by atoms with van der Waals surface area (Å²) in [4.78, 5) is 20.1. The summed E-state index contributed by atoms with van der Waals surface area (Å²) in [7, 11) is 0. The molecule has 0 saturated carbocycles. The fourth-order valence-corrected chi connectivity index (χ4v) is 2.52. The highest BCUT2D eigenvalue weighted by molar-refractivity contribution is 7.14. The van der Waals surface area contributed by atoms with Crippen LogP contribution in [0.25, 0.3) is 0 Å². The van der Waals surface area contributed by atoms with Crippen molar-refractivity contribution in [1.82, 2.24) is 9.97 Å². The van der Waals surface area contributed by atoms with Crippen LogP contribution in [0.3, 0.4) is 0 Å². The number of aromatic nitrogens is 2. The molecule has 0 unspecified atom stereocenters. The van der Waals surface area contributed by atoms with E-state index in [2.05, 4.69) is 20.6 Å². The highest BCUT2D eigenvalue weighted by atomic mass is 32.1. The number of hydrogen-bond acceptors (Lipinski definition) is 6. The van der Waals surface area contributed by atoms with E-state index in [1.807, 2.05) is 13.0 Å². The van der Waals surface area contributed by atoms with Crippen molar-refractivity contribution in [1.29, 1.82) is 0 Å². The maximum Gasteiger partial charge on any atom is 0.419 e. The van der Waals surface area contributed by atoms with Gasteiger partial charge in [-0.15, -0.1) is 11.3 Å². The van der Waals surface area contributed by atoms with Crippen molar-refractivity contribution in [2.45, 2.75) is 6.92 Å². The van der Waals surface area contributed by atoms with Crippen molar-refractivity contribution in [2.75, 3.05) is 10.6 Å². The predicted octanol–water partition coefficient (Wildman–Crippen LogP) is 4.34. The zero-order valence-electron chi connectivity index (χ0n) is 12.6. The molecule has 0 radical (unpaired) electrons. The molecule has 0 aliphatic rings. The summed E-state index contributed by atoms with van der Waals surface area (Å²) in [5, 5.41) is 5.80. The van der Waals surface area contributed by atoms with Gasteiger partial charge in [-0.05, 0) is 31.2 Å². The summed E-state index contributed by atoms with van der Waals surface area (Å²) in [6, 6.07) is 11.4. The molecule has 2 N–H and O–H groups in total. The first-order chi connectivity index (χ1) is 11.6. The van der Waals surface area contributed by atoms with E-state index in [1.165, 1.54) is 22.9 Å². The number of anilines is 3. The minimum Gasteiger partial charge on any atom is -0.388 e. The monoisotopic (exact) mass is 344 g/mol. The summed E-state index contributed by atoms with van der Waals surface area (Å²) in [6.07, 6.45) is -0.726. The quantitative estimate of drug-likeness (QED) is 0.736. The lowest BCUT2D eigenvalue weighted by molar-refractivity contribution is 0.214. The minimum absolute atomic E-state index is 0.0633. The van der Waals surface area contributed by atoms with E-state index in [0.29, 0.717) is 10.8 Å². The number of nitrogens with zero attached hydrogens (tertiary/aromatic N) is 2. The molecular formula is C16H13FN4O2S. The Bertz CT molecular complexity index is 869. The van der Waals surface area contributed by atoms with Crippen molar-refractivity contribution in [3.63, 3.8) is 0 Å². The van der Waals surface area contributed by atoms with Crippen LogP contribution in [0, 0.1) is 12.7 Å². The first-order valence-electron chi connectivity index (χ1n) is 6.99. The Hall–Kier alpha value is -3.00. The summed E-state index contributed by atoms with van der Waals surface area (Å²) in [5.74, 6) is 0.0255. The van der Waals surface area contributed by atoms with Crippen molar-refractivity contribution < 1.29 is 13.9 Å². The summed E-state index contributed by atoms with van der Waals surface area (Å²) in [5.41, 5.74) is 2.53. The Balaban J connectivity index is 1.69. The van der Waals surface area contributed by atoms with E-state index >= 15 is 0 Å². The van der Waals surface area contributed by atoms with Crippen LogP contribution < -0.4 is 15.4 Å². The average Bonchev–Trinajstić information content (AvgIpc) is 2.96. The molecule has 24 heavy (non-hydrogen) atoms. The molecule has 3 aromatic rings. The lowest BCUT2D eigenvalue weighted by Gasteiger charge is -2.08. The summed E-state index contributed by atoms with van der Waals surface area (Å²) < 4.78 is 18.9. The fourth-order valence-electron chi connectivity index (χ4n) is 1.91. The largest absolute Gasteiger partial charge is 0.419 e. The topological polar surface area (TPSA) is 76.1 Å². The van der Waals surface area contributed by atoms with Gasteiger partial charge in [0.1, 0.15) is 11.6 Å². The van der Waals surface area contributed by atoms with Crippen LogP contribution in [0.1, 0.15) is 5.69 Å². The Labute approximate surface area is 141 Å². The number of carbonyl (C=O) groups excluding carboxylic acids is 1. The van der Waals surface area contributed by atoms with E-state index < -0.39 is 11.9 Å². The second kappa shape index (κ2) is 7.05. The zero-order valence-corrected chi connectivity index (χ0v) is 13.4. The molecule has 0 bridgehead atoms. The van der Waals surface area contributed by atoms with Gasteiger partial charge in [-0.25, -0.2) is 19.2 Å². The third kappa shape index (κ3) is 3.85. The van der Waals surface area contributed by atoms with Crippen LogP contribution in [0.15, 0.2) is 48.0 Å². The van der Waals surface area contributed by atoms with Gasteiger partial charge in [0.15, 0.2) is 5.00 Å². The highest BCUT2D eigenvalue weighted by Gasteiger charge is 2.14. The maximum absolute atomic E-state index is 13.7. The fraction of sp³-hybridized carbons (Fsp3) is 0.0625. The number of hydrogen-bond donors (Lipinski definition) is 2. The first-order valence-corrected chi connectivity index (χ1v) is 7.87. The van der Waals surface area contributed by atoms with Crippen molar-refractivity contribution >= 4 is 33.9 Å². The molecule has 0 saturated heterocycles. The van der Waals surface area contributed by atoms with Gasteiger partial charge >= 0.3 is 6.09 Å². The van der Waals surface area contributed by atoms with E-state index in [9.17, 15) is 9.18 Å². The molecule has 2 aromatic heterocycles. The van der Waals surface area contributed by atoms with Gasteiger partial charge in [0, 0.05) is 5.69 Å². The van der Waals surface area contributed by atoms with Gasteiger partial charge in [0.05, 0.1) is 11.2 Å². The lowest BCUT2D eigenvalue weighted by atomic mass is 10.3. The average molecular weight is 344 g/mol. The van der Waals surface area contributed by atoms with Gasteiger partial charge in [-0.2, -0.15) is 0 Å². The number of para-hydroxylation sites is 1. The number of aryl methyl sites for hydroxylation is 1. The third-order valence-electron chi connectivity index (χ3n) is 2.96. The number of amides is 1. The van der Waals surface area contributed by atoms with Gasteiger partial charge in [-0.1, -0.05) is 18.2 Å². The second-order valence-electron chi connectivity index (χ2n) is 4.77. The molecule has 0 aliphatic carbocycles. The normalized spacial score (nSPS) is 10.2. The van der Waals surface area contributed by atoms with Crippen molar-refractivity contribution in [2.24, 2.45) is 0 Å². The van der Waals surface area contributed by atoms with Crippen LogP contribution in [-0.4, -0.2) is 16.1 Å². The van der Waals surface area contributed by atoms with Crippen LogP contribution in [0.5, 0.6) is 5.88 Å². The molecule has 3 rings (SSSR count). The standard InChI is InChI=1S/C16H13FN4O2S/c1-10-5-4-8-13(19-10)21-16(22)23-14-15(24-9-18-14)20-12-7-3-2-6-11(12)17/h2-9,20H,1H3,(H,19,21,22). The number of pyridine rings is 1. The van der Waals surface area contributed by atoms with E-state index in [1.54, 1.807) is 30.3 Å². The Morgan fingerprint density at radius 1 is 1.21 bits per heavy atom. The first kappa shape index (κ1) is 15.9. The van der Waals surface area contributed by atoms with Gasteiger partial charge in [0.25, 0.3) is 5.88 Å². The van der Waals surface area contributed by atoms with E-state index in [-0.39, 0.29) is 11.6 Å². The molecular weight excluding hydrogens is 331 g/mol. The number of nitrogens with one attached hydrogen (secondary N) is 2. The smallest absolute Gasteiger partial charge is 0.388 e. The van der Waals surface area contributed by atoms with Gasteiger partial charge in [-0.3, -0.25) is 5.32 Å². The molecule has 8 heteroatoms. The van der Waals surface area contributed by atoms with Crippen molar-refractivity contribution in [3.8, 4) is 5.88 Å². The molecule has 2 heterocycles. The lowest BCUT2D eigenvalue weighted by Crippen LogP contribution is -2.18. The molecule has 122 valence electrons. The number of rotatable bonds is 4. The van der Waals surface area contributed by atoms with Crippen LogP contribution in [-0.2, 0) is 0 Å². The minimum atomic E-state index is -0.726. The molecule has 1 amide bonds. The van der Waals surface area contributed by atoms with Crippen LogP contribution >= 0.6 is 11.3 Å². The predicted molar refractivity (Wildman–Crippen MR) is 90.4 cm³/mol. The van der Waals surface area contributed by atoms with E-state index in [4.69, 9.17) is 4.74 Å². The Morgan fingerprint density at radius 2 is 2.04 bits per heavy atom. The van der Waals surface area contributed by atoms with Gasteiger partial charge < -0.3 is 10.1 Å². The Morgan fingerprint density at radius 3 is 2.83 bits per heavy atom. The molecule has 0 atom stereocenters. The molecule has 1 aromatic carbocycles.